The number of imide groups is 1. The van der Waals surface area contributed by atoms with Crippen molar-refractivity contribution in [2.75, 3.05) is 20.6 Å². The van der Waals surface area contributed by atoms with Crippen LogP contribution in [0.25, 0.3) is 0 Å². The van der Waals surface area contributed by atoms with Crippen molar-refractivity contribution in [3.63, 3.8) is 0 Å². The number of nitrogens with one attached hydrogen (secondary N) is 2. The van der Waals surface area contributed by atoms with Crippen LogP contribution >= 0.6 is 0 Å². The Kier molecular flexibility index (Phi) is 6.69. The number of hydrogen-bond donors (Lipinski definition) is 2. The molecule has 4 amide bonds. The van der Waals surface area contributed by atoms with Gasteiger partial charge in [-0.25, -0.2) is 17.5 Å². The van der Waals surface area contributed by atoms with Crippen molar-refractivity contribution >= 4 is 27.9 Å². The van der Waals surface area contributed by atoms with Crippen molar-refractivity contribution < 1.29 is 22.8 Å². The molecule has 0 spiro atoms. The van der Waals surface area contributed by atoms with Gasteiger partial charge in [-0.15, -0.1) is 0 Å². The van der Waals surface area contributed by atoms with E-state index in [-0.39, 0.29) is 17.4 Å². The van der Waals surface area contributed by atoms with Gasteiger partial charge >= 0.3 is 6.03 Å². The fourth-order valence-electron chi connectivity index (χ4n) is 3.34. The van der Waals surface area contributed by atoms with Crippen molar-refractivity contribution in [2.45, 2.75) is 44.2 Å². The van der Waals surface area contributed by atoms with Crippen LogP contribution in [0.5, 0.6) is 0 Å². The van der Waals surface area contributed by atoms with Gasteiger partial charge in [0.1, 0.15) is 12.1 Å². The molecule has 1 heterocycles. The minimum Gasteiger partial charge on any atom is -0.350 e. The van der Waals surface area contributed by atoms with Gasteiger partial charge in [0.05, 0.1) is 4.90 Å². The highest BCUT2D eigenvalue weighted by atomic mass is 32.2. The molecule has 1 atom stereocenters. The molecule has 1 aliphatic rings. The molecule has 10 heteroatoms. The lowest BCUT2D eigenvalue weighted by atomic mass is 9.91. The van der Waals surface area contributed by atoms with E-state index in [2.05, 4.69) is 10.6 Å². The maximum atomic E-state index is 12.6. The number of urea groups is 1. The monoisotopic (exact) mass is 424 g/mol. The first-order valence-electron chi connectivity index (χ1n) is 9.29. The van der Waals surface area contributed by atoms with Crippen molar-refractivity contribution in [2.24, 2.45) is 5.92 Å². The molecule has 1 aromatic rings. The van der Waals surface area contributed by atoms with Gasteiger partial charge in [0.15, 0.2) is 0 Å². The molecule has 0 saturated carbocycles. The molecule has 0 bridgehead atoms. The first-order chi connectivity index (χ1) is 13.4. The summed E-state index contributed by atoms with van der Waals surface area (Å²) in [5, 5.41) is 5.25. The summed E-state index contributed by atoms with van der Waals surface area (Å²) in [6.45, 7) is 5.06. The van der Waals surface area contributed by atoms with E-state index in [0.717, 1.165) is 9.21 Å². The van der Waals surface area contributed by atoms with Crippen LogP contribution in [0.15, 0.2) is 29.2 Å². The minimum absolute atomic E-state index is 0.0466. The van der Waals surface area contributed by atoms with Gasteiger partial charge < -0.3 is 10.6 Å². The highest BCUT2D eigenvalue weighted by molar-refractivity contribution is 7.89. The second-order valence-corrected chi connectivity index (χ2v) is 10.0. The van der Waals surface area contributed by atoms with E-state index in [9.17, 15) is 22.8 Å². The number of amides is 4. The summed E-state index contributed by atoms with van der Waals surface area (Å²) in [6.07, 6.45) is 0.464. The van der Waals surface area contributed by atoms with E-state index in [1.165, 1.54) is 20.2 Å². The van der Waals surface area contributed by atoms with Crippen molar-refractivity contribution in [3.05, 3.63) is 29.8 Å². The normalized spacial score (nSPS) is 19.8. The molecular weight excluding hydrogens is 396 g/mol. The second-order valence-electron chi connectivity index (χ2n) is 7.92. The zero-order valence-electron chi connectivity index (χ0n) is 17.4. The number of sulfonamides is 1. The molecule has 1 unspecified atom stereocenters. The average molecular weight is 425 g/mol. The minimum atomic E-state index is -3.67. The Morgan fingerprint density at radius 1 is 1.24 bits per heavy atom. The summed E-state index contributed by atoms with van der Waals surface area (Å²) in [7, 11) is -0.815. The van der Waals surface area contributed by atoms with Gasteiger partial charge in [0, 0.05) is 20.6 Å². The third-order valence-electron chi connectivity index (χ3n) is 4.67. The van der Waals surface area contributed by atoms with Gasteiger partial charge in [0.25, 0.3) is 5.91 Å². The van der Waals surface area contributed by atoms with Crippen LogP contribution < -0.4 is 10.6 Å². The Labute approximate surface area is 171 Å². The van der Waals surface area contributed by atoms with Gasteiger partial charge in [-0.2, -0.15) is 0 Å². The molecule has 1 aromatic carbocycles. The van der Waals surface area contributed by atoms with Crippen LogP contribution in [-0.2, 0) is 26.2 Å². The quantitative estimate of drug-likeness (QED) is 0.602. The Balaban J connectivity index is 2.07. The Morgan fingerprint density at radius 2 is 1.86 bits per heavy atom. The Morgan fingerprint density at radius 3 is 2.45 bits per heavy atom. The third-order valence-corrected chi connectivity index (χ3v) is 6.59. The van der Waals surface area contributed by atoms with E-state index in [1.807, 2.05) is 13.8 Å². The van der Waals surface area contributed by atoms with Crippen LogP contribution in [-0.4, -0.2) is 61.6 Å². The van der Waals surface area contributed by atoms with Crippen LogP contribution in [0.3, 0.4) is 0 Å². The molecule has 1 fully saturated rings. The Bertz CT molecular complexity index is 913. The first-order valence-corrected chi connectivity index (χ1v) is 10.7. The van der Waals surface area contributed by atoms with Gasteiger partial charge in [0.2, 0.25) is 15.9 Å². The number of carbonyl (C=O) groups excluding carboxylic acids is 3. The van der Waals surface area contributed by atoms with Crippen molar-refractivity contribution in [1.82, 2.24) is 19.8 Å². The van der Waals surface area contributed by atoms with E-state index >= 15 is 0 Å². The molecule has 2 N–H and O–H groups in total. The first kappa shape index (κ1) is 22.8. The van der Waals surface area contributed by atoms with Crippen LogP contribution in [0.4, 0.5) is 4.79 Å². The number of carbonyl (C=O) groups is 3. The average Bonchev–Trinajstić information content (AvgIpc) is 2.82. The largest absolute Gasteiger partial charge is 0.350 e. The summed E-state index contributed by atoms with van der Waals surface area (Å²) < 4.78 is 26.0. The SMILES string of the molecule is CC(C)CC1(C)NC(=O)N(CC(=O)NCc2ccccc2S(=O)(=O)N(C)C)C1=O. The predicted molar refractivity (Wildman–Crippen MR) is 107 cm³/mol. The van der Waals surface area contributed by atoms with Crippen LogP contribution in [0.1, 0.15) is 32.8 Å². The highest BCUT2D eigenvalue weighted by Crippen LogP contribution is 2.24. The molecule has 0 aromatic heterocycles. The second kappa shape index (κ2) is 8.50. The number of nitrogens with zero attached hydrogens (tertiary/aromatic N) is 2. The number of rotatable bonds is 8. The summed E-state index contributed by atoms with van der Waals surface area (Å²) in [5.74, 6) is -0.811. The maximum absolute atomic E-state index is 12.6. The molecule has 9 nitrogen and oxygen atoms in total. The molecule has 1 saturated heterocycles. The summed E-state index contributed by atoms with van der Waals surface area (Å²) in [5.41, 5.74) is -0.617. The molecule has 0 radical (unpaired) electrons. The van der Waals surface area contributed by atoms with Gasteiger partial charge in [-0.3, -0.25) is 14.5 Å². The fourth-order valence-corrected chi connectivity index (χ4v) is 4.45. The molecular formula is C19H28N4O5S. The molecule has 2 rings (SSSR count). The predicted octanol–water partition coefficient (Wildman–Crippen LogP) is 0.910. The van der Waals surface area contributed by atoms with Crippen molar-refractivity contribution in [3.8, 4) is 0 Å². The lowest BCUT2D eigenvalue weighted by Gasteiger charge is -2.23. The lowest BCUT2D eigenvalue weighted by Crippen LogP contribution is -2.46. The molecule has 160 valence electrons. The van der Waals surface area contributed by atoms with E-state index in [1.54, 1.807) is 25.1 Å². The van der Waals surface area contributed by atoms with Crippen molar-refractivity contribution in [1.29, 1.82) is 0 Å². The van der Waals surface area contributed by atoms with Crippen LogP contribution in [0.2, 0.25) is 0 Å². The van der Waals surface area contributed by atoms with Gasteiger partial charge in [-0.05, 0) is 30.9 Å². The number of benzene rings is 1. The molecule has 1 aliphatic heterocycles. The van der Waals surface area contributed by atoms with E-state index in [0.29, 0.717) is 12.0 Å². The molecule has 0 aliphatic carbocycles. The number of hydrogen-bond acceptors (Lipinski definition) is 5. The maximum Gasteiger partial charge on any atom is 0.325 e. The summed E-state index contributed by atoms with van der Waals surface area (Å²) in [6, 6.07) is 5.73. The topological polar surface area (TPSA) is 116 Å². The zero-order chi connectivity index (χ0) is 22.0. The van der Waals surface area contributed by atoms with Gasteiger partial charge in [-0.1, -0.05) is 32.0 Å². The summed E-state index contributed by atoms with van der Waals surface area (Å²) >= 11 is 0. The highest BCUT2D eigenvalue weighted by Gasteiger charge is 2.48. The lowest BCUT2D eigenvalue weighted by molar-refractivity contribution is -0.135. The summed E-state index contributed by atoms with van der Waals surface area (Å²) in [4.78, 5) is 38.1. The fraction of sp³-hybridized carbons (Fsp3) is 0.526. The third kappa shape index (κ3) is 4.94. The zero-order valence-corrected chi connectivity index (χ0v) is 18.2. The van der Waals surface area contributed by atoms with E-state index < -0.39 is 40.0 Å². The standard InChI is InChI=1S/C19H28N4O5S/c1-13(2)10-19(3)17(25)23(18(26)21-19)12-16(24)20-11-14-8-6-7-9-15(14)29(27,28)22(4)5/h6-9,13H,10-12H2,1-5H3,(H,20,24)(H,21,26). The smallest absolute Gasteiger partial charge is 0.325 e. The van der Waals surface area contributed by atoms with E-state index in [4.69, 9.17) is 0 Å². The van der Waals surface area contributed by atoms with Crippen LogP contribution in [0, 0.1) is 5.92 Å². The molecule has 29 heavy (non-hydrogen) atoms. The Hall–Kier alpha value is -2.46.